The molecule has 0 aliphatic carbocycles. The Morgan fingerprint density at radius 3 is 2.13 bits per heavy atom. The molecule has 0 spiro atoms. The van der Waals surface area contributed by atoms with Gasteiger partial charge in [0.1, 0.15) is 5.75 Å². The first kappa shape index (κ1) is 19.3. The molecule has 124 valence electrons. The fourth-order valence-electron chi connectivity index (χ4n) is 1.34. The maximum Gasteiger partial charge on any atom is 0.419 e. The molecule has 2 N–H and O–H groups in total. The summed E-state index contributed by atoms with van der Waals surface area (Å²) in [7, 11) is 0. The van der Waals surface area contributed by atoms with Gasteiger partial charge in [-0.3, -0.25) is 14.9 Å². The van der Waals surface area contributed by atoms with Gasteiger partial charge in [0.25, 0.3) is 9.70 Å². The summed E-state index contributed by atoms with van der Waals surface area (Å²) in [6.45, 7) is 3.60. The number of hydrogen-bond donors (Lipinski definition) is 2. The van der Waals surface area contributed by atoms with Gasteiger partial charge >= 0.3 is 6.09 Å². The molecule has 0 fully saturated rings. The topological polar surface area (TPSA) is 84.5 Å². The van der Waals surface area contributed by atoms with Crippen LogP contribution in [0.3, 0.4) is 0 Å². The molecule has 0 aliphatic rings. The summed E-state index contributed by atoms with van der Waals surface area (Å²) in [5.41, 5.74) is 1.37. The number of allylic oxidation sites excluding steroid dienone is 1. The third kappa shape index (κ3) is 7.36. The van der Waals surface area contributed by atoms with Crippen molar-refractivity contribution in [3.63, 3.8) is 0 Å². The van der Waals surface area contributed by atoms with E-state index in [0.29, 0.717) is 5.69 Å². The SMILES string of the molecule is CC(C)=CC(=O)Nc1ccc(OC(=O)NC(=O)C(Cl)(Cl)Cl)cc1. The molecule has 0 unspecified atom stereocenters. The highest BCUT2D eigenvalue weighted by Gasteiger charge is 2.32. The normalized spacial score (nSPS) is 10.5. The molecule has 1 aromatic carbocycles. The second kappa shape index (κ2) is 8.19. The molecule has 0 heterocycles. The Hall–Kier alpha value is -1.76. The van der Waals surface area contributed by atoms with Gasteiger partial charge in [-0.1, -0.05) is 40.4 Å². The van der Waals surface area contributed by atoms with Crippen LogP contribution in [0.2, 0.25) is 0 Å². The van der Waals surface area contributed by atoms with E-state index >= 15 is 0 Å². The van der Waals surface area contributed by atoms with Crippen LogP contribution in [-0.2, 0) is 9.59 Å². The smallest absolute Gasteiger partial charge is 0.410 e. The van der Waals surface area contributed by atoms with Crippen LogP contribution in [0.5, 0.6) is 5.75 Å². The zero-order chi connectivity index (χ0) is 17.6. The number of nitrogens with one attached hydrogen (secondary N) is 2. The van der Waals surface area contributed by atoms with Crippen molar-refractivity contribution in [3.8, 4) is 5.75 Å². The summed E-state index contributed by atoms with van der Waals surface area (Å²) < 4.78 is 2.57. The van der Waals surface area contributed by atoms with Gasteiger partial charge in [-0.05, 0) is 38.1 Å². The quantitative estimate of drug-likeness (QED) is 0.621. The van der Waals surface area contributed by atoms with Crippen molar-refractivity contribution in [2.75, 3.05) is 5.32 Å². The second-order valence-electron chi connectivity index (χ2n) is 4.58. The van der Waals surface area contributed by atoms with E-state index in [4.69, 9.17) is 39.5 Å². The summed E-state index contributed by atoms with van der Waals surface area (Å²) in [6.07, 6.45) is 0.350. The standard InChI is InChI=1S/C14H13Cl3N2O4/c1-8(2)7-11(20)18-9-3-5-10(6-4-9)23-13(22)19-12(21)14(15,16)17/h3-7H,1-2H3,(H,18,20)(H,19,21,22). The van der Waals surface area contributed by atoms with Crippen LogP contribution in [0.4, 0.5) is 10.5 Å². The van der Waals surface area contributed by atoms with Crippen molar-refractivity contribution >= 4 is 58.4 Å². The molecule has 0 aromatic heterocycles. The Kier molecular flexibility index (Phi) is 6.87. The van der Waals surface area contributed by atoms with Crippen molar-refractivity contribution in [2.45, 2.75) is 17.6 Å². The molecule has 1 rings (SSSR count). The predicted octanol–water partition coefficient (Wildman–Crippen LogP) is 3.58. The maximum atomic E-state index is 11.5. The number of ether oxygens (including phenoxy) is 1. The first-order valence-electron chi connectivity index (χ1n) is 6.24. The maximum absolute atomic E-state index is 11.5. The summed E-state index contributed by atoms with van der Waals surface area (Å²) in [5, 5.41) is 4.39. The lowest BCUT2D eigenvalue weighted by molar-refractivity contribution is -0.119. The van der Waals surface area contributed by atoms with Gasteiger partial charge in [0.15, 0.2) is 0 Å². The number of benzene rings is 1. The summed E-state index contributed by atoms with van der Waals surface area (Å²) >= 11 is 15.9. The van der Waals surface area contributed by atoms with Crippen LogP contribution < -0.4 is 15.4 Å². The number of halogens is 3. The largest absolute Gasteiger partial charge is 0.419 e. The third-order valence-electron chi connectivity index (χ3n) is 2.23. The number of hydrogen-bond acceptors (Lipinski definition) is 4. The number of carbonyl (C=O) groups excluding carboxylic acids is 3. The van der Waals surface area contributed by atoms with Gasteiger partial charge in [-0.15, -0.1) is 0 Å². The van der Waals surface area contributed by atoms with Gasteiger partial charge in [-0.2, -0.15) is 0 Å². The highest BCUT2D eigenvalue weighted by molar-refractivity contribution is 6.76. The van der Waals surface area contributed by atoms with Crippen LogP contribution in [0.15, 0.2) is 35.9 Å². The van der Waals surface area contributed by atoms with Gasteiger partial charge in [-0.25, -0.2) is 4.79 Å². The molecule has 0 saturated heterocycles. The van der Waals surface area contributed by atoms with Gasteiger partial charge in [0.05, 0.1) is 0 Å². The van der Waals surface area contributed by atoms with Crippen LogP contribution in [0, 0.1) is 0 Å². The third-order valence-corrected chi connectivity index (χ3v) is 2.74. The van der Waals surface area contributed by atoms with Crippen molar-refractivity contribution in [2.24, 2.45) is 0 Å². The molecule has 23 heavy (non-hydrogen) atoms. The molecule has 3 amide bonds. The lowest BCUT2D eigenvalue weighted by Gasteiger charge is -2.10. The summed E-state index contributed by atoms with van der Waals surface area (Å²) in [4.78, 5) is 34.3. The van der Waals surface area contributed by atoms with Crippen molar-refractivity contribution in [3.05, 3.63) is 35.9 Å². The van der Waals surface area contributed by atoms with E-state index in [1.165, 1.54) is 30.3 Å². The van der Waals surface area contributed by atoms with Crippen molar-refractivity contribution in [1.82, 2.24) is 5.32 Å². The fourth-order valence-corrected chi connectivity index (χ4v) is 1.48. The minimum Gasteiger partial charge on any atom is -0.410 e. The lowest BCUT2D eigenvalue weighted by Crippen LogP contribution is -2.40. The monoisotopic (exact) mass is 378 g/mol. The number of rotatable bonds is 3. The summed E-state index contributed by atoms with van der Waals surface area (Å²) in [6, 6.07) is 5.90. The Balaban J connectivity index is 2.61. The molecule has 0 aliphatic heterocycles. The molecular weight excluding hydrogens is 367 g/mol. The van der Waals surface area contributed by atoms with Gasteiger partial charge < -0.3 is 10.1 Å². The molecule has 0 saturated carbocycles. The Morgan fingerprint density at radius 1 is 1.09 bits per heavy atom. The average molecular weight is 380 g/mol. The minimum absolute atomic E-state index is 0.139. The Morgan fingerprint density at radius 2 is 1.65 bits per heavy atom. The molecule has 0 atom stereocenters. The number of imide groups is 1. The zero-order valence-corrected chi connectivity index (χ0v) is 14.4. The van der Waals surface area contributed by atoms with E-state index in [1.807, 2.05) is 0 Å². The van der Waals surface area contributed by atoms with Crippen LogP contribution in [0.1, 0.15) is 13.8 Å². The zero-order valence-electron chi connectivity index (χ0n) is 12.2. The van der Waals surface area contributed by atoms with E-state index in [-0.39, 0.29) is 11.7 Å². The fraction of sp³-hybridized carbons (Fsp3) is 0.214. The van der Waals surface area contributed by atoms with E-state index in [0.717, 1.165) is 5.57 Å². The molecule has 6 nitrogen and oxygen atoms in total. The Bertz CT molecular complexity index is 632. The molecule has 1 aromatic rings. The van der Waals surface area contributed by atoms with E-state index in [1.54, 1.807) is 19.2 Å². The van der Waals surface area contributed by atoms with Crippen LogP contribution >= 0.6 is 34.8 Å². The van der Waals surface area contributed by atoms with Crippen molar-refractivity contribution < 1.29 is 19.1 Å². The number of amides is 3. The molecule has 0 bridgehead atoms. The molecule has 9 heteroatoms. The van der Waals surface area contributed by atoms with Crippen LogP contribution in [0.25, 0.3) is 0 Å². The molecule has 0 radical (unpaired) electrons. The highest BCUT2D eigenvalue weighted by Crippen LogP contribution is 2.25. The predicted molar refractivity (Wildman–Crippen MR) is 89.0 cm³/mol. The lowest BCUT2D eigenvalue weighted by atomic mass is 10.3. The number of anilines is 1. The number of alkyl halides is 3. The minimum atomic E-state index is -2.27. The first-order valence-corrected chi connectivity index (χ1v) is 7.37. The van der Waals surface area contributed by atoms with Crippen LogP contribution in [-0.4, -0.2) is 21.7 Å². The van der Waals surface area contributed by atoms with Gasteiger partial charge in [0.2, 0.25) is 5.91 Å². The summed E-state index contributed by atoms with van der Waals surface area (Å²) in [5.74, 6) is -1.26. The van der Waals surface area contributed by atoms with E-state index in [2.05, 4.69) is 5.32 Å². The molecular formula is C14H13Cl3N2O4. The number of carbonyl (C=O) groups is 3. The highest BCUT2D eigenvalue weighted by atomic mass is 35.6. The second-order valence-corrected chi connectivity index (χ2v) is 6.86. The average Bonchev–Trinajstić information content (AvgIpc) is 2.38. The Labute approximate surface area is 147 Å². The van der Waals surface area contributed by atoms with Gasteiger partial charge in [0, 0.05) is 11.8 Å². The van der Waals surface area contributed by atoms with E-state index < -0.39 is 15.8 Å². The van der Waals surface area contributed by atoms with Crippen molar-refractivity contribution in [1.29, 1.82) is 0 Å². The van der Waals surface area contributed by atoms with E-state index in [9.17, 15) is 14.4 Å². The first-order chi connectivity index (χ1) is 10.6.